The van der Waals surface area contributed by atoms with Crippen LogP contribution >= 0.6 is 0 Å². The molecule has 2 aliphatic rings. The number of hydrogen-bond donors (Lipinski definition) is 1. The maximum absolute atomic E-state index is 10.3. The van der Waals surface area contributed by atoms with Crippen LogP contribution in [0.4, 0.5) is 0 Å². The first-order valence-corrected chi connectivity index (χ1v) is 5.55. The predicted molar refractivity (Wildman–Crippen MR) is 53.6 cm³/mol. The van der Waals surface area contributed by atoms with Gasteiger partial charge in [0.05, 0.1) is 5.60 Å². The van der Waals surface area contributed by atoms with Gasteiger partial charge in [-0.3, -0.25) is 4.90 Å². The Bertz CT molecular complexity index is 189. The normalized spacial score (nSPS) is 36.0. The lowest BCUT2D eigenvalue weighted by Gasteiger charge is -2.25. The van der Waals surface area contributed by atoms with E-state index in [2.05, 4.69) is 18.7 Å². The Morgan fingerprint density at radius 1 is 1.46 bits per heavy atom. The van der Waals surface area contributed by atoms with Crippen molar-refractivity contribution in [3.63, 3.8) is 0 Å². The molecule has 1 aliphatic carbocycles. The summed E-state index contributed by atoms with van der Waals surface area (Å²) < 4.78 is 0. The molecule has 2 rings (SSSR count). The number of likely N-dealkylation sites (tertiary alicyclic amines) is 1. The van der Waals surface area contributed by atoms with Crippen molar-refractivity contribution in [3.05, 3.63) is 0 Å². The molecule has 1 unspecified atom stereocenters. The molecule has 0 amide bonds. The molecule has 76 valence electrons. The molecule has 1 N–H and O–H groups in total. The first kappa shape index (κ1) is 9.47. The lowest BCUT2D eigenvalue weighted by Crippen LogP contribution is -2.35. The average molecular weight is 183 g/mol. The van der Waals surface area contributed by atoms with Gasteiger partial charge in [0.1, 0.15) is 0 Å². The molecule has 0 radical (unpaired) electrons. The highest BCUT2D eigenvalue weighted by atomic mass is 16.3. The van der Waals surface area contributed by atoms with Crippen molar-refractivity contribution in [1.29, 1.82) is 0 Å². The molecule has 13 heavy (non-hydrogen) atoms. The number of rotatable bonds is 3. The van der Waals surface area contributed by atoms with Gasteiger partial charge in [-0.15, -0.1) is 0 Å². The predicted octanol–water partition coefficient (Wildman–Crippen LogP) is 1.63. The molecular formula is C11H21NO. The van der Waals surface area contributed by atoms with Crippen LogP contribution < -0.4 is 0 Å². The van der Waals surface area contributed by atoms with E-state index in [1.54, 1.807) is 0 Å². The number of β-amino-alcohol motifs (C(OH)–C–C–N with tert-alkyl or cyclic N) is 1. The van der Waals surface area contributed by atoms with E-state index in [4.69, 9.17) is 0 Å². The Labute approximate surface area is 80.9 Å². The van der Waals surface area contributed by atoms with E-state index in [0.717, 1.165) is 32.0 Å². The summed E-state index contributed by atoms with van der Waals surface area (Å²) in [7, 11) is 0. The number of hydrogen-bond acceptors (Lipinski definition) is 2. The summed E-state index contributed by atoms with van der Waals surface area (Å²) in [5, 5.41) is 10.3. The van der Waals surface area contributed by atoms with Crippen molar-refractivity contribution < 1.29 is 5.11 Å². The first-order chi connectivity index (χ1) is 6.09. The van der Waals surface area contributed by atoms with Crippen molar-refractivity contribution in [2.24, 2.45) is 5.92 Å². The third-order valence-electron chi connectivity index (χ3n) is 3.21. The average Bonchev–Trinajstić information content (AvgIpc) is 2.75. The third-order valence-corrected chi connectivity index (χ3v) is 3.21. The molecule has 0 aromatic carbocycles. The van der Waals surface area contributed by atoms with E-state index in [1.807, 2.05) is 0 Å². The van der Waals surface area contributed by atoms with Crippen molar-refractivity contribution in [2.45, 2.75) is 51.2 Å². The van der Waals surface area contributed by atoms with Crippen LogP contribution in [-0.2, 0) is 0 Å². The van der Waals surface area contributed by atoms with E-state index in [-0.39, 0.29) is 5.60 Å². The molecule has 0 bridgehead atoms. The monoisotopic (exact) mass is 183 g/mol. The molecule has 1 atom stereocenters. The Hall–Kier alpha value is -0.0800. The molecule has 2 nitrogen and oxygen atoms in total. The van der Waals surface area contributed by atoms with Crippen LogP contribution in [0.2, 0.25) is 0 Å². The van der Waals surface area contributed by atoms with E-state index in [9.17, 15) is 5.11 Å². The molecule has 1 aliphatic heterocycles. The SMILES string of the molecule is CC(C)CC1(O)CCN(C2CC2)C1. The molecule has 0 spiro atoms. The van der Waals surface area contributed by atoms with Crippen LogP contribution in [0.15, 0.2) is 0 Å². The van der Waals surface area contributed by atoms with Crippen LogP contribution in [0.1, 0.15) is 39.5 Å². The van der Waals surface area contributed by atoms with Gasteiger partial charge < -0.3 is 5.11 Å². The molecule has 0 aromatic rings. The van der Waals surface area contributed by atoms with Gasteiger partial charge >= 0.3 is 0 Å². The van der Waals surface area contributed by atoms with Gasteiger partial charge in [-0.05, 0) is 31.6 Å². The lowest BCUT2D eigenvalue weighted by molar-refractivity contribution is 0.0281. The summed E-state index contributed by atoms with van der Waals surface area (Å²) in [4.78, 5) is 2.47. The fraction of sp³-hybridized carbons (Fsp3) is 1.00. The van der Waals surface area contributed by atoms with E-state index in [1.165, 1.54) is 12.8 Å². The zero-order valence-electron chi connectivity index (χ0n) is 8.79. The Balaban J connectivity index is 1.87. The number of nitrogens with zero attached hydrogens (tertiary/aromatic N) is 1. The molecule has 2 heteroatoms. The molecule has 2 fully saturated rings. The summed E-state index contributed by atoms with van der Waals surface area (Å²) in [5.41, 5.74) is -0.364. The van der Waals surface area contributed by atoms with Crippen LogP contribution in [0.25, 0.3) is 0 Å². The molecule has 1 saturated heterocycles. The molecule has 0 aromatic heterocycles. The lowest BCUT2D eigenvalue weighted by atomic mass is 9.92. The summed E-state index contributed by atoms with van der Waals surface area (Å²) in [6, 6.07) is 0.821. The zero-order valence-corrected chi connectivity index (χ0v) is 8.79. The fourth-order valence-electron chi connectivity index (χ4n) is 2.57. The van der Waals surface area contributed by atoms with Gasteiger partial charge in [0.25, 0.3) is 0 Å². The van der Waals surface area contributed by atoms with Gasteiger partial charge in [-0.25, -0.2) is 0 Å². The maximum Gasteiger partial charge on any atom is 0.0788 e. The Kier molecular flexibility index (Phi) is 2.37. The summed E-state index contributed by atoms with van der Waals surface area (Å²) in [6.07, 6.45) is 4.67. The minimum Gasteiger partial charge on any atom is -0.388 e. The van der Waals surface area contributed by atoms with Crippen LogP contribution in [-0.4, -0.2) is 34.7 Å². The number of aliphatic hydroxyl groups is 1. The van der Waals surface area contributed by atoms with E-state index < -0.39 is 0 Å². The minimum atomic E-state index is -0.364. The highest BCUT2D eigenvalue weighted by molar-refractivity contribution is 4.96. The second kappa shape index (κ2) is 3.25. The molecular weight excluding hydrogens is 162 g/mol. The second-order valence-electron chi connectivity index (χ2n) is 5.27. The van der Waals surface area contributed by atoms with Gasteiger partial charge in [0.15, 0.2) is 0 Å². The maximum atomic E-state index is 10.3. The van der Waals surface area contributed by atoms with Crippen molar-refractivity contribution >= 4 is 0 Å². The molecule has 1 heterocycles. The van der Waals surface area contributed by atoms with Gasteiger partial charge in [0.2, 0.25) is 0 Å². The van der Waals surface area contributed by atoms with Gasteiger partial charge in [-0.2, -0.15) is 0 Å². The van der Waals surface area contributed by atoms with Crippen molar-refractivity contribution in [1.82, 2.24) is 4.90 Å². The van der Waals surface area contributed by atoms with Crippen LogP contribution in [0, 0.1) is 5.92 Å². The largest absolute Gasteiger partial charge is 0.388 e. The summed E-state index contributed by atoms with van der Waals surface area (Å²) in [6.45, 7) is 6.43. The third kappa shape index (κ3) is 2.23. The molecule has 1 saturated carbocycles. The van der Waals surface area contributed by atoms with Crippen molar-refractivity contribution in [2.75, 3.05) is 13.1 Å². The van der Waals surface area contributed by atoms with Crippen LogP contribution in [0.5, 0.6) is 0 Å². The highest BCUT2D eigenvalue weighted by Gasteiger charge is 2.41. The quantitative estimate of drug-likeness (QED) is 0.719. The zero-order chi connectivity index (χ0) is 9.47. The van der Waals surface area contributed by atoms with Crippen LogP contribution in [0.3, 0.4) is 0 Å². The van der Waals surface area contributed by atoms with Crippen molar-refractivity contribution in [3.8, 4) is 0 Å². The second-order valence-corrected chi connectivity index (χ2v) is 5.27. The van der Waals surface area contributed by atoms with E-state index in [0.29, 0.717) is 5.92 Å². The fourth-order valence-corrected chi connectivity index (χ4v) is 2.57. The van der Waals surface area contributed by atoms with Gasteiger partial charge in [-0.1, -0.05) is 13.8 Å². The standard InChI is InChI=1S/C11H21NO/c1-9(2)7-11(13)5-6-12(8-11)10-3-4-10/h9-10,13H,3-8H2,1-2H3. The smallest absolute Gasteiger partial charge is 0.0788 e. The minimum absolute atomic E-state index is 0.364. The Morgan fingerprint density at radius 2 is 2.15 bits per heavy atom. The Morgan fingerprint density at radius 3 is 2.69 bits per heavy atom. The summed E-state index contributed by atoms with van der Waals surface area (Å²) in [5.74, 6) is 0.615. The topological polar surface area (TPSA) is 23.5 Å². The van der Waals surface area contributed by atoms with E-state index >= 15 is 0 Å². The summed E-state index contributed by atoms with van der Waals surface area (Å²) >= 11 is 0. The van der Waals surface area contributed by atoms with Gasteiger partial charge in [0, 0.05) is 19.1 Å². The highest BCUT2D eigenvalue weighted by Crippen LogP contribution is 2.35. The first-order valence-electron chi connectivity index (χ1n) is 5.55.